The van der Waals surface area contributed by atoms with Gasteiger partial charge in [0.25, 0.3) is 0 Å². The highest BCUT2D eigenvalue weighted by molar-refractivity contribution is 4.91. The van der Waals surface area contributed by atoms with Crippen LogP contribution in [0.1, 0.15) is 59.3 Å². The van der Waals surface area contributed by atoms with E-state index in [0.29, 0.717) is 5.41 Å². The molecule has 1 heteroatoms. The van der Waals surface area contributed by atoms with E-state index >= 15 is 0 Å². The van der Waals surface area contributed by atoms with E-state index in [4.69, 9.17) is 0 Å². The molecule has 1 nitrogen and oxygen atoms in total. The van der Waals surface area contributed by atoms with Crippen molar-refractivity contribution in [2.24, 2.45) is 17.3 Å². The average molecular weight is 209 g/mol. The molecule has 2 unspecified atom stereocenters. The van der Waals surface area contributed by atoms with Crippen molar-refractivity contribution in [1.82, 2.24) is 5.32 Å². The predicted molar refractivity (Wildman–Crippen MR) is 65.9 cm³/mol. The topological polar surface area (TPSA) is 12.0 Å². The maximum atomic E-state index is 3.83. The minimum atomic E-state index is 0.576. The monoisotopic (exact) mass is 209 g/mol. The molecule has 15 heavy (non-hydrogen) atoms. The van der Waals surface area contributed by atoms with E-state index in [1.165, 1.54) is 45.1 Å². The Hall–Kier alpha value is -0.0400. The SMILES string of the molecule is CC1CC(C)(C)CC1NCC1CCCC1. The predicted octanol–water partition coefficient (Wildman–Crippen LogP) is 3.59. The van der Waals surface area contributed by atoms with Gasteiger partial charge in [0, 0.05) is 6.04 Å². The molecule has 0 aromatic heterocycles. The second kappa shape index (κ2) is 4.45. The fourth-order valence-corrected chi connectivity index (χ4v) is 3.70. The molecule has 0 spiro atoms. The fourth-order valence-electron chi connectivity index (χ4n) is 3.70. The summed E-state index contributed by atoms with van der Waals surface area (Å²) in [7, 11) is 0. The lowest BCUT2D eigenvalue weighted by molar-refractivity contribution is 0.356. The lowest BCUT2D eigenvalue weighted by Crippen LogP contribution is -2.34. The van der Waals surface area contributed by atoms with Crippen molar-refractivity contribution in [1.29, 1.82) is 0 Å². The summed E-state index contributed by atoms with van der Waals surface area (Å²) in [5.41, 5.74) is 0.576. The maximum Gasteiger partial charge on any atom is 0.00980 e. The summed E-state index contributed by atoms with van der Waals surface area (Å²) in [5, 5.41) is 3.83. The van der Waals surface area contributed by atoms with E-state index < -0.39 is 0 Å². The van der Waals surface area contributed by atoms with Crippen molar-refractivity contribution in [3.63, 3.8) is 0 Å². The van der Waals surface area contributed by atoms with Crippen LogP contribution in [0, 0.1) is 17.3 Å². The maximum absolute atomic E-state index is 3.83. The number of nitrogens with one attached hydrogen (secondary N) is 1. The summed E-state index contributed by atoms with van der Waals surface area (Å²) in [4.78, 5) is 0. The van der Waals surface area contributed by atoms with Gasteiger partial charge in [0.1, 0.15) is 0 Å². The van der Waals surface area contributed by atoms with Crippen LogP contribution in [0.15, 0.2) is 0 Å². The van der Waals surface area contributed by atoms with Gasteiger partial charge < -0.3 is 5.32 Å². The van der Waals surface area contributed by atoms with Gasteiger partial charge in [-0.2, -0.15) is 0 Å². The Balaban J connectivity index is 1.75. The van der Waals surface area contributed by atoms with Crippen molar-refractivity contribution < 1.29 is 0 Å². The molecule has 0 amide bonds. The third-order valence-electron chi connectivity index (χ3n) is 4.48. The first-order valence-corrected chi connectivity index (χ1v) is 6.80. The Bertz CT molecular complexity index is 203. The molecule has 2 saturated carbocycles. The van der Waals surface area contributed by atoms with Crippen LogP contribution < -0.4 is 5.32 Å². The molecule has 2 rings (SSSR count). The van der Waals surface area contributed by atoms with Crippen molar-refractivity contribution in [2.75, 3.05) is 6.54 Å². The highest BCUT2D eigenvalue weighted by Gasteiger charge is 2.36. The van der Waals surface area contributed by atoms with E-state index in [2.05, 4.69) is 26.1 Å². The third-order valence-corrected chi connectivity index (χ3v) is 4.48. The van der Waals surface area contributed by atoms with Crippen LogP contribution in [0.4, 0.5) is 0 Å². The summed E-state index contributed by atoms with van der Waals surface area (Å²) >= 11 is 0. The minimum absolute atomic E-state index is 0.576. The largest absolute Gasteiger partial charge is 0.313 e. The highest BCUT2D eigenvalue weighted by atomic mass is 14.9. The molecular weight excluding hydrogens is 182 g/mol. The molecule has 0 saturated heterocycles. The molecule has 0 aromatic carbocycles. The molecular formula is C14H27N. The van der Waals surface area contributed by atoms with Gasteiger partial charge in [-0.05, 0) is 49.5 Å². The highest BCUT2D eigenvalue weighted by Crippen LogP contribution is 2.41. The van der Waals surface area contributed by atoms with Crippen molar-refractivity contribution >= 4 is 0 Å². The summed E-state index contributed by atoms with van der Waals surface area (Å²) in [5.74, 6) is 1.86. The Morgan fingerprint density at radius 2 is 1.80 bits per heavy atom. The van der Waals surface area contributed by atoms with Gasteiger partial charge in [-0.1, -0.05) is 33.6 Å². The molecule has 2 aliphatic rings. The first kappa shape index (κ1) is 11.4. The van der Waals surface area contributed by atoms with E-state index in [0.717, 1.165) is 17.9 Å². The average Bonchev–Trinajstić information content (AvgIpc) is 2.70. The number of hydrogen-bond acceptors (Lipinski definition) is 1. The zero-order valence-corrected chi connectivity index (χ0v) is 10.7. The minimum Gasteiger partial charge on any atom is -0.313 e. The van der Waals surface area contributed by atoms with Gasteiger partial charge in [0.05, 0.1) is 0 Å². The van der Waals surface area contributed by atoms with Crippen molar-refractivity contribution in [3.8, 4) is 0 Å². The van der Waals surface area contributed by atoms with Gasteiger partial charge in [0.2, 0.25) is 0 Å². The lowest BCUT2D eigenvalue weighted by atomic mass is 9.91. The van der Waals surface area contributed by atoms with Gasteiger partial charge in [0.15, 0.2) is 0 Å². The van der Waals surface area contributed by atoms with Gasteiger partial charge in [-0.15, -0.1) is 0 Å². The molecule has 2 fully saturated rings. The van der Waals surface area contributed by atoms with Crippen LogP contribution in [0.2, 0.25) is 0 Å². The van der Waals surface area contributed by atoms with Crippen LogP contribution in [-0.4, -0.2) is 12.6 Å². The summed E-state index contributed by atoms with van der Waals surface area (Å²) < 4.78 is 0. The van der Waals surface area contributed by atoms with E-state index in [1.807, 2.05) is 0 Å². The van der Waals surface area contributed by atoms with Gasteiger partial charge in [-0.3, -0.25) is 0 Å². The number of rotatable bonds is 3. The zero-order chi connectivity index (χ0) is 10.9. The first-order chi connectivity index (χ1) is 7.07. The standard InChI is InChI=1S/C14H27N/c1-11-8-14(2,3)9-13(11)15-10-12-6-4-5-7-12/h11-13,15H,4-10H2,1-3H3. The summed E-state index contributed by atoms with van der Waals surface area (Å²) in [6.07, 6.45) is 8.65. The molecule has 0 bridgehead atoms. The molecule has 0 heterocycles. The molecule has 2 atom stereocenters. The second-order valence-corrected chi connectivity index (χ2v) is 6.71. The normalized spacial score (nSPS) is 36.2. The molecule has 2 aliphatic carbocycles. The Kier molecular flexibility index (Phi) is 3.39. The Morgan fingerprint density at radius 3 is 2.33 bits per heavy atom. The Morgan fingerprint density at radius 1 is 1.13 bits per heavy atom. The zero-order valence-electron chi connectivity index (χ0n) is 10.7. The lowest BCUT2D eigenvalue weighted by Gasteiger charge is -2.20. The van der Waals surface area contributed by atoms with Crippen LogP contribution in [0.25, 0.3) is 0 Å². The molecule has 1 N–H and O–H groups in total. The van der Waals surface area contributed by atoms with Crippen LogP contribution in [0.3, 0.4) is 0 Å². The molecule has 0 aromatic rings. The van der Waals surface area contributed by atoms with Crippen LogP contribution >= 0.6 is 0 Å². The van der Waals surface area contributed by atoms with Crippen molar-refractivity contribution in [3.05, 3.63) is 0 Å². The quantitative estimate of drug-likeness (QED) is 0.749. The van der Waals surface area contributed by atoms with E-state index in [9.17, 15) is 0 Å². The summed E-state index contributed by atoms with van der Waals surface area (Å²) in [6, 6.07) is 0.792. The first-order valence-electron chi connectivity index (χ1n) is 6.80. The molecule has 0 radical (unpaired) electrons. The third kappa shape index (κ3) is 2.96. The fraction of sp³-hybridized carbons (Fsp3) is 1.00. The van der Waals surface area contributed by atoms with Gasteiger partial charge >= 0.3 is 0 Å². The van der Waals surface area contributed by atoms with Crippen molar-refractivity contribution in [2.45, 2.75) is 65.3 Å². The second-order valence-electron chi connectivity index (χ2n) is 6.71. The smallest absolute Gasteiger partial charge is 0.00980 e. The van der Waals surface area contributed by atoms with Crippen LogP contribution in [0.5, 0.6) is 0 Å². The van der Waals surface area contributed by atoms with E-state index in [-0.39, 0.29) is 0 Å². The van der Waals surface area contributed by atoms with E-state index in [1.54, 1.807) is 0 Å². The molecule has 88 valence electrons. The number of hydrogen-bond donors (Lipinski definition) is 1. The van der Waals surface area contributed by atoms with Crippen LogP contribution in [-0.2, 0) is 0 Å². The molecule has 0 aliphatic heterocycles. The van der Waals surface area contributed by atoms with Gasteiger partial charge in [-0.25, -0.2) is 0 Å². The Labute approximate surface area is 95.0 Å². The summed E-state index contributed by atoms with van der Waals surface area (Å²) in [6.45, 7) is 8.54.